The highest BCUT2D eigenvalue weighted by Gasteiger charge is 2.13. The van der Waals surface area contributed by atoms with Crippen LogP contribution in [-0.2, 0) is 9.53 Å². The van der Waals surface area contributed by atoms with E-state index >= 15 is 0 Å². The summed E-state index contributed by atoms with van der Waals surface area (Å²) in [5.41, 5.74) is 1.09. The summed E-state index contributed by atoms with van der Waals surface area (Å²) in [6.45, 7) is 10.4. The summed E-state index contributed by atoms with van der Waals surface area (Å²) in [7, 11) is 0. The van der Waals surface area contributed by atoms with E-state index in [0.717, 1.165) is 5.57 Å². The molecule has 0 heterocycles. The zero-order valence-corrected chi connectivity index (χ0v) is 8.60. The van der Waals surface area contributed by atoms with Crippen molar-refractivity contribution in [2.24, 2.45) is 5.41 Å². The lowest BCUT2D eigenvalue weighted by atomic mass is 9.87. The lowest BCUT2D eigenvalue weighted by Gasteiger charge is -2.18. The Morgan fingerprint density at radius 1 is 1.42 bits per heavy atom. The molecule has 0 rings (SSSR count). The molecule has 0 fully saturated rings. The highest BCUT2D eigenvalue weighted by molar-refractivity contribution is 5.82. The molecule has 0 atom stereocenters. The molecule has 0 amide bonds. The molecule has 0 aliphatic heterocycles. The first kappa shape index (κ1) is 11.2. The minimum absolute atomic E-state index is 0.0484. The lowest BCUT2D eigenvalue weighted by Crippen LogP contribution is -2.10. The SMILES string of the molecule is CCOC(=O)/C=C(/C)C(C)(C)C. The van der Waals surface area contributed by atoms with Gasteiger partial charge >= 0.3 is 5.97 Å². The summed E-state index contributed by atoms with van der Waals surface area (Å²) in [6, 6.07) is 0. The summed E-state index contributed by atoms with van der Waals surface area (Å²) in [5.74, 6) is -0.245. The molecule has 0 radical (unpaired) electrons. The number of esters is 1. The number of hydrogen-bond acceptors (Lipinski definition) is 2. The first-order valence-electron chi connectivity index (χ1n) is 4.23. The average Bonchev–Trinajstić information content (AvgIpc) is 1.85. The van der Waals surface area contributed by atoms with Crippen molar-refractivity contribution in [2.75, 3.05) is 6.61 Å². The molecular weight excluding hydrogens is 152 g/mol. The fraction of sp³-hybridized carbons (Fsp3) is 0.700. The second-order valence-electron chi connectivity index (χ2n) is 3.83. The van der Waals surface area contributed by atoms with Gasteiger partial charge < -0.3 is 4.74 Å². The topological polar surface area (TPSA) is 26.3 Å². The van der Waals surface area contributed by atoms with Crippen molar-refractivity contribution >= 4 is 5.97 Å². The summed E-state index contributed by atoms with van der Waals surface area (Å²) in [4.78, 5) is 11.0. The number of ether oxygens (including phenoxy) is 1. The Hall–Kier alpha value is -0.790. The van der Waals surface area contributed by atoms with Crippen molar-refractivity contribution in [3.05, 3.63) is 11.6 Å². The van der Waals surface area contributed by atoms with Gasteiger partial charge in [0.2, 0.25) is 0 Å². The Bertz CT molecular complexity index is 185. The highest BCUT2D eigenvalue weighted by atomic mass is 16.5. The Morgan fingerprint density at radius 3 is 2.25 bits per heavy atom. The van der Waals surface area contributed by atoms with Crippen LogP contribution in [0.25, 0.3) is 0 Å². The van der Waals surface area contributed by atoms with Crippen LogP contribution in [0.4, 0.5) is 0 Å². The Labute approximate surface area is 74.6 Å². The Morgan fingerprint density at radius 2 is 1.92 bits per heavy atom. The van der Waals surface area contributed by atoms with E-state index in [1.54, 1.807) is 13.0 Å². The zero-order chi connectivity index (χ0) is 9.78. The van der Waals surface area contributed by atoms with Crippen LogP contribution in [0.5, 0.6) is 0 Å². The maximum atomic E-state index is 11.0. The molecule has 0 saturated heterocycles. The Balaban J connectivity index is 4.26. The lowest BCUT2D eigenvalue weighted by molar-refractivity contribution is -0.137. The summed E-state index contributed by atoms with van der Waals surface area (Å²) < 4.78 is 4.79. The third-order valence-electron chi connectivity index (χ3n) is 1.80. The van der Waals surface area contributed by atoms with Gasteiger partial charge in [0.15, 0.2) is 0 Å². The maximum absolute atomic E-state index is 11.0. The van der Waals surface area contributed by atoms with Crippen molar-refractivity contribution < 1.29 is 9.53 Å². The first-order chi connectivity index (χ1) is 5.38. The second kappa shape index (κ2) is 4.29. The van der Waals surface area contributed by atoms with Crippen LogP contribution in [0.15, 0.2) is 11.6 Å². The van der Waals surface area contributed by atoms with E-state index < -0.39 is 0 Å². The predicted molar refractivity (Wildman–Crippen MR) is 49.8 cm³/mol. The molecule has 0 unspecified atom stereocenters. The monoisotopic (exact) mass is 170 g/mol. The van der Waals surface area contributed by atoms with Crippen LogP contribution in [0.1, 0.15) is 34.6 Å². The molecule has 70 valence electrons. The van der Waals surface area contributed by atoms with Crippen molar-refractivity contribution in [1.82, 2.24) is 0 Å². The highest BCUT2D eigenvalue weighted by Crippen LogP contribution is 2.23. The summed E-state index contributed by atoms with van der Waals surface area (Å²) in [6.07, 6.45) is 1.56. The van der Waals surface area contributed by atoms with E-state index in [4.69, 9.17) is 4.74 Å². The van der Waals surface area contributed by atoms with E-state index in [1.165, 1.54) is 0 Å². The van der Waals surface area contributed by atoms with Gasteiger partial charge in [-0.25, -0.2) is 4.79 Å². The van der Waals surface area contributed by atoms with Gasteiger partial charge in [-0.15, -0.1) is 0 Å². The summed E-state index contributed by atoms with van der Waals surface area (Å²) >= 11 is 0. The van der Waals surface area contributed by atoms with Crippen molar-refractivity contribution in [2.45, 2.75) is 34.6 Å². The molecule has 0 aliphatic carbocycles. The minimum Gasteiger partial charge on any atom is -0.463 e. The third kappa shape index (κ3) is 4.16. The van der Waals surface area contributed by atoms with E-state index in [2.05, 4.69) is 20.8 Å². The van der Waals surface area contributed by atoms with E-state index in [-0.39, 0.29) is 11.4 Å². The third-order valence-corrected chi connectivity index (χ3v) is 1.80. The normalized spacial score (nSPS) is 12.9. The molecule has 0 bridgehead atoms. The molecule has 12 heavy (non-hydrogen) atoms. The minimum atomic E-state index is -0.245. The van der Waals surface area contributed by atoms with Gasteiger partial charge in [0.25, 0.3) is 0 Å². The molecule has 0 aromatic carbocycles. The molecule has 2 heteroatoms. The van der Waals surface area contributed by atoms with Crippen molar-refractivity contribution in [3.63, 3.8) is 0 Å². The second-order valence-corrected chi connectivity index (χ2v) is 3.83. The van der Waals surface area contributed by atoms with Crippen LogP contribution in [0.2, 0.25) is 0 Å². The number of rotatable bonds is 2. The molecule has 0 aromatic heterocycles. The van der Waals surface area contributed by atoms with E-state index in [9.17, 15) is 4.79 Å². The molecule has 0 saturated carbocycles. The van der Waals surface area contributed by atoms with Gasteiger partial charge in [0, 0.05) is 6.08 Å². The molecule has 0 aromatic rings. The van der Waals surface area contributed by atoms with E-state index in [1.807, 2.05) is 6.92 Å². The molecule has 0 N–H and O–H groups in total. The number of carbonyl (C=O) groups is 1. The van der Waals surface area contributed by atoms with Gasteiger partial charge in [-0.1, -0.05) is 26.3 Å². The largest absolute Gasteiger partial charge is 0.463 e. The molecule has 0 aliphatic rings. The fourth-order valence-electron chi connectivity index (χ4n) is 0.577. The number of hydrogen-bond donors (Lipinski definition) is 0. The van der Waals surface area contributed by atoms with Crippen molar-refractivity contribution in [3.8, 4) is 0 Å². The van der Waals surface area contributed by atoms with Gasteiger partial charge in [-0.3, -0.25) is 0 Å². The predicted octanol–water partition coefficient (Wildman–Crippen LogP) is 2.54. The van der Waals surface area contributed by atoms with E-state index in [0.29, 0.717) is 6.61 Å². The number of carbonyl (C=O) groups excluding carboxylic acids is 1. The van der Waals surface area contributed by atoms with Crippen LogP contribution in [0.3, 0.4) is 0 Å². The quantitative estimate of drug-likeness (QED) is 0.470. The standard InChI is InChI=1S/C10H18O2/c1-6-12-9(11)7-8(2)10(3,4)5/h7H,6H2,1-5H3/b8-7-. The van der Waals surface area contributed by atoms with Gasteiger partial charge in [-0.2, -0.15) is 0 Å². The number of allylic oxidation sites excluding steroid dienone is 1. The van der Waals surface area contributed by atoms with Crippen LogP contribution >= 0.6 is 0 Å². The fourth-order valence-corrected chi connectivity index (χ4v) is 0.577. The van der Waals surface area contributed by atoms with Gasteiger partial charge in [0.05, 0.1) is 6.61 Å². The Kier molecular flexibility index (Phi) is 4.01. The van der Waals surface area contributed by atoms with Gasteiger partial charge in [-0.05, 0) is 19.3 Å². The maximum Gasteiger partial charge on any atom is 0.330 e. The summed E-state index contributed by atoms with van der Waals surface area (Å²) in [5, 5.41) is 0. The van der Waals surface area contributed by atoms with Crippen LogP contribution in [0, 0.1) is 5.41 Å². The average molecular weight is 170 g/mol. The van der Waals surface area contributed by atoms with Crippen LogP contribution < -0.4 is 0 Å². The molecule has 2 nitrogen and oxygen atoms in total. The molecular formula is C10H18O2. The smallest absolute Gasteiger partial charge is 0.330 e. The zero-order valence-electron chi connectivity index (χ0n) is 8.60. The van der Waals surface area contributed by atoms with Crippen LogP contribution in [-0.4, -0.2) is 12.6 Å². The van der Waals surface area contributed by atoms with Crippen molar-refractivity contribution in [1.29, 1.82) is 0 Å². The first-order valence-corrected chi connectivity index (χ1v) is 4.23. The molecule has 0 spiro atoms. The van der Waals surface area contributed by atoms with Gasteiger partial charge in [0.1, 0.15) is 0 Å².